The molecule has 0 saturated heterocycles. The Balaban J connectivity index is 2.12. The van der Waals surface area contributed by atoms with Gasteiger partial charge in [0, 0.05) is 13.2 Å². The van der Waals surface area contributed by atoms with Crippen LogP contribution in [0.1, 0.15) is 0 Å². The number of hydrogen-bond acceptors (Lipinski definition) is 4. The molecule has 0 amide bonds. The van der Waals surface area contributed by atoms with E-state index < -0.39 is 0 Å². The van der Waals surface area contributed by atoms with Crippen molar-refractivity contribution in [2.24, 2.45) is 7.05 Å². The van der Waals surface area contributed by atoms with Crippen molar-refractivity contribution in [2.45, 2.75) is 0 Å². The minimum absolute atomic E-state index is 0.685. The van der Waals surface area contributed by atoms with E-state index in [4.69, 9.17) is 0 Å². The maximum Gasteiger partial charge on any atom is 0.187 e. The second-order valence-corrected chi connectivity index (χ2v) is 4.55. The number of aryl methyl sites for hydroxylation is 1. The van der Waals surface area contributed by atoms with Crippen LogP contribution in [0, 0.1) is 0 Å². The quantitative estimate of drug-likeness (QED) is 0.678. The number of aromatic nitrogens is 6. The van der Waals surface area contributed by atoms with Crippen molar-refractivity contribution in [3.05, 3.63) is 41.5 Å². The van der Waals surface area contributed by atoms with Crippen LogP contribution in [0.2, 0.25) is 0 Å². The topological polar surface area (TPSA) is 61.4 Å². The molecule has 0 fully saturated rings. The molecular weight excluding hydrogens is 296 g/mol. The van der Waals surface area contributed by atoms with Crippen molar-refractivity contribution in [3.63, 3.8) is 0 Å². The molecule has 0 unspecified atom stereocenters. The fraction of sp³-hybridized carbons (Fsp3) is 0.0909. The van der Waals surface area contributed by atoms with Crippen LogP contribution in [0.25, 0.3) is 17.2 Å². The summed E-state index contributed by atoms with van der Waals surface area (Å²) in [7, 11) is 1.87. The highest BCUT2D eigenvalue weighted by Crippen LogP contribution is 2.19. The van der Waals surface area contributed by atoms with E-state index in [1.165, 1.54) is 0 Å². The molecule has 0 N–H and O–H groups in total. The first-order valence-electron chi connectivity index (χ1n) is 5.26. The van der Waals surface area contributed by atoms with Crippen molar-refractivity contribution in [1.29, 1.82) is 0 Å². The van der Waals surface area contributed by atoms with Crippen LogP contribution in [0.5, 0.6) is 0 Å². The fourth-order valence-electron chi connectivity index (χ4n) is 1.66. The Kier molecular flexibility index (Phi) is 2.67. The van der Waals surface area contributed by atoms with E-state index >= 15 is 0 Å². The van der Waals surface area contributed by atoms with Gasteiger partial charge >= 0.3 is 0 Å². The molecule has 90 valence electrons. The smallest absolute Gasteiger partial charge is 0.187 e. The van der Waals surface area contributed by atoms with Gasteiger partial charge in [0.2, 0.25) is 0 Å². The minimum atomic E-state index is 0.685. The summed E-state index contributed by atoms with van der Waals surface area (Å²) >= 11 is 3.35. The molecule has 18 heavy (non-hydrogen) atoms. The van der Waals surface area contributed by atoms with Crippen LogP contribution in [-0.2, 0) is 7.05 Å². The van der Waals surface area contributed by atoms with E-state index in [1.54, 1.807) is 17.2 Å². The molecule has 0 spiro atoms. The van der Waals surface area contributed by atoms with Gasteiger partial charge in [-0.2, -0.15) is 5.10 Å². The highest BCUT2D eigenvalue weighted by Gasteiger charge is 2.11. The molecule has 0 aliphatic heterocycles. The predicted octanol–water partition coefficient (Wildman–Crippen LogP) is 1.83. The molecule has 3 heterocycles. The van der Waals surface area contributed by atoms with Gasteiger partial charge < -0.3 is 0 Å². The first kappa shape index (κ1) is 11.1. The molecule has 3 aromatic rings. The van der Waals surface area contributed by atoms with E-state index in [0.29, 0.717) is 5.82 Å². The number of rotatable bonds is 2. The van der Waals surface area contributed by atoms with Gasteiger partial charge in [0.15, 0.2) is 5.82 Å². The maximum absolute atomic E-state index is 4.37. The normalized spacial score (nSPS) is 10.8. The molecule has 0 aliphatic carbocycles. The van der Waals surface area contributed by atoms with Crippen LogP contribution in [0.4, 0.5) is 0 Å². The van der Waals surface area contributed by atoms with Crippen molar-refractivity contribution >= 4 is 15.9 Å². The van der Waals surface area contributed by atoms with Gasteiger partial charge in [0.05, 0.1) is 11.9 Å². The monoisotopic (exact) mass is 304 g/mol. The van der Waals surface area contributed by atoms with Crippen LogP contribution >= 0.6 is 15.9 Å². The zero-order chi connectivity index (χ0) is 12.5. The third-order valence-corrected chi connectivity index (χ3v) is 2.90. The first-order valence-corrected chi connectivity index (χ1v) is 6.05. The van der Waals surface area contributed by atoms with Crippen LogP contribution < -0.4 is 0 Å². The van der Waals surface area contributed by atoms with E-state index in [9.17, 15) is 0 Å². The summed E-state index contributed by atoms with van der Waals surface area (Å²) in [5.41, 5.74) is 1.66. The molecule has 0 bridgehead atoms. The lowest BCUT2D eigenvalue weighted by Gasteiger charge is -2.02. The van der Waals surface area contributed by atoms with Crippen LogP contribution in [-0.4, -0.2) is 29.5 Å². The fourth-order valence-corrected chi connectivity index (χ4v) is 2.01. The number of halogens is 1. The standard InChI is InChI=1S/C11H9BrN6/c1-17-6-8(5-14-17)18-7-13-16-11(18)9-3-2-4-10(12)15-9/h2-7H,1H3. The highest BCUT2D eigenvalue weighted by molar-refractivity contribution is 9.10. The van der Waals surface area contributed by atoms with Gasteiger partial charge in [-0.15, -0.1) is 10.2 Å². The maximum atomic E-state index is 4.37. The Labute approximate surface area is 111 Å². The molecular formula is C11H9BrN6. The third kappa shape index (κ3) is 1.92. The van der Waals surface area contributed by atoms with Gasteiger partial charge in [-0.1, -0.05) is 6.07 Å². The highest BCUT2D eigenvalue weighted by atomic mass is 79.9. The van der Waals surface area contributed by atoms with E-state index in [0.717, 1.165) is 16.0 Å². The third-order valence-electron chi connectivity index (χ3n) is 2.46. The molecule has 0 saturated carbocycles. The summed E-state index contributed by atoms with van der Waals surface area (Å²) in [5.74, 6) is 0.685. The van der Waals surface area contributed by atoms with Crippen molar-refractivity contribution < 1.29 is 0 Å². The van der Waals surface area contributed by atoms with Gasteiger partial charge in [-0.05, 0) is 28.1 Å². The Morgan fingerprint density at radius 1 is 1.28 bits per heavy atom. The molecule has 7 heteroatoms. The van der Waals surface area contributed by atoms with E-state index in [-0.39, 0.29) is 0 Å². The van der Waals surface area contributed by atoms with Crippen LogP contribution in [0.15, 0.2) is 41.5 Å². The summed E-state index contributed by atoms with van der Waals surface area (Å²) < 4.78 is 4.34. The number of nitrogens with zero attached hydrogens (tertiary/aromatic N) is 6. The summed E-state index contributed by atoms with van der Waals surface area (Å²) in [5, 5.41) is 12.2. The minimum Gasteiger partial charge on any atom is -0.277 e. The molecule has 3 rings (SSSR count). The van der Waals surface area contributed by atoms with Gasteiger partial charge in [-0.3, -0.25) is 9.25 Å². The summed E-state index contributed by atoms with van der Waals surface area (Å²) in [6.07, 6.45) is 5.30. The number of pyridine rings is 1. The second kappa shape index (κ2) is 4.34. The first-order chi connectivity index (χ1) is 8.74. The zero-order valence-corrected chi connectivity index (χ0v) is 11.1. The van der Waals surface area contributed by atoms with Crippen molar-refractivity contribution in [3.8, 4) is 17.2 Å². The largest absolute Gasteiger partial charge is 0.277 e. The van der Waals surface area contributed by atoms with Crippen LogP contribution in [0.3, 0.4) is 0 Å². The van der Waals surface area contributed by atoms with Crippen molar-refractivity contribution in [2.75, 3.05) is 0 Å². The Morgan fingerprint density at radius 2 is 2.17 bits per heavy atom. The average molecular weight is 305 g/mol. The molecule has 6 nitrogen and oxygen atoms in total. The SMILES string of the molecule is Cn1cc(-n2cnnc2-c2cccc(Br)n2)cn1. The zero-order valence-electron chi connectivity index (χ0n) is 9.53. The van der Waals surface area contributed by atoms with Gasteiger partial charge in [-0.25, -0.2) is 4.98 Å². The summed E-state index contributed by atoms with van der Waals surface area (Å²) in [6, 6.07) is 5.67. The van der Waals surface area contributed by atoms with E-state index in [1.807, 2.05) is 36.0 Å². The lowest BCUT2D eigenvalue weighted by atomic mass is 10.3. The lowest BCUT2D eigenvalue weighted by Crippen LogP contribution is -1.96. The van der Waals surface area contributed by atoms with Gasteiger partial charge in [0.1, 0.15) is 16.6 Å². The summed E-state index contributed by atoms with van der Waals surface area (Å²) in [6.45, 7) is 0. The lowest BCUT2D eigenvalue weighted by molar-refractivity contribution is 0.767. The van der Waals surface area contributed by atoms with E-state index in [2.05, 4.69) is 36.2 Å². The molecule has 0 radical (unpaired) electrons. The number of hydrogen-bond donors (Lipinski definition) is 0. The summed E-state index contributed by atoms with van der Waals surface area (Å²) in [4.78, 5) is 4.37. The van der Waals surface area contributed by atoms with Crippen molar-refractivity contribution in [1.82, 2.24) is 29.5 Å². The van der Waals surface area contributed by atoms with Gasteiger partial charge in [0.25, 0.3) is 0 Å². The average Bonchev–Trinajstić information content (AvgIpc) is 2.96. The predicted molar refractivity (Wildman–Crippen MR) is 69.1 cm³/mol. The molecule has 3 aromatic heterocycles. The molecule has 0 aromatic carbocycles. The second-order valence-electron chi connectivity index (χ2n) is 3.74. The Morgan fingerprint density at radius 3 is 2.89 bits per heavy atom. The Hall–Kier alpha value is -2.02. The molecule has 0 atom stereocenters. The molecule has 0 aliphatic rings. The Bertz CT molecular complexity index is 686.